The van der Waals surface area contributed by atoms with Crippen molar-refractivity contribution in [3.63, 3.8) is 0 Å². The van der Waals surface area contributed by atoms with Gasteiger partial charge in [0, 0.05) is 0 Å². The number of aromatic nitrogens is 1. The fourth-order valence-electron chi connectivity index (χ4n) is 1.08. The number of benzene rings is 1. The van der Waals surface area contributed by atoms with E-state index in [0.29, 0.717) is 5.75 Å². The van der Waals surface area contributed by atoms with Crippen molar-refractivity contribution < 1.29 is 13.5 Å². The van der Waals surface area contributed by atoms with Crippen LogP contribution in [-0.2, 0) is 0 Å². The topological polar surface area (TPSA) is 22.1 Å². The van der Waals surface area contributed by atoms with Crippen molar-refractivity contribution in [2.45, 2.75) is 0 Å². The zero-order valence-corrected chi connectivity index (χ0v) is 7.65. The Bertz CT molecular complexity index is 456. The van der Waals surface area contributed by atoms with Gasteiger partial charge in [0.2, 0.25) is 5.95 Å². The number of ether oxygens (including phenoxy) is 1. The Labute approximate surface area is 85.2 Å². The molecule has 0 aliphatic rings. The Hall–Kier alpha value is -1.97. The summed E-state index contributed by atoms with van der Waals surface area (Å²) >= 11 is 0. The molecule has 0 saturated heterocycles. The van der Waals surface area contributed by atoms with E-state index in [4.69, 9.17) is 4.74 Å². The average molecular weight is 207 g/mol. The third-order valence-corrected chi connectivity index (χ3v) is 1.76. The van der Waals surface area contributed by atoms with Crippen LogP contribution in [0.25, 0.3) is 0 Å². The minimum atomic E-state index is -0.601. The maximum Gasteiger partial charge on any atom is 0.213 e. The van der Waals surface area contributed by atoms with Gasteiger partial charge >= 0.3 is 0 Å². The van der Waals surface area contributed by atoms with Crippen molar-refractivity contribution in [3.8, 4) is 11.5 Å². The van der Waals surface area contributed by atoms with Crippen molar-refractivity contribution in [2.24, 2.45) is 0 Å². The van der Waals surface area contributed by atoms with Gasteiger partial charge in [0.15, 0.2) is 11.6 Å². The summed E-state index contributed by atoms with van der Waals surface area (Å²) in [6.45, 7) is 0. The Morgan fingerprint density at radius 2 is 1.80 bits per heavy atom. The van der Waals surface area contributed by atoms with Crippen LogP contribution in [-0.4, -0.2) is 4.98 Å². The van der Waals surface area contributed by atoms with Crippen LogP contribution in [0, 0.1) is 11.8 Å². The lowest BCUT2D eigenvalue weighted by molar-refractivity contribution is 0.437. The monoisotopic (exact) mass is 207 g/mol. The number of para-hydroxylation sites is 1. The summed E-state index contributed by atoms with van der Waals surface area (Å²) in [7, 11) is 0. The summed E-state index contributed by atoms with van der Waals surface area (Å²) in [6, 6.07) is 8.51. The first-order valence-electron chi connectivity index (χ1n) is 4.29. The second-order valence-corrected chi connectivity index (χ2v) is 2.85. The van der Waals surface area contributed by atoms with Gasteiger partial charge in [0.05, 0.1) is 6.20 Å². The largest absolute Gasteiger partial charge is 0.453 e. The third kappa shape index (κ3) is 2.28. The summed E-state index contributed by atoms with van der Waals surface area (Å²) in [5, 5.41) is 0. The molecule has 0 fully saturated rings. The van der Waals surface area contributed by atoms with Gasteiger partial charge in [-0.05, 0) is 24.3 Å². The highest BCUT2D eigenvalue weighted by Crippen LogP contribution is 2.22. The number of hydrogen-bond acceptors (Lipinski definition) is 2. The Morgan fingerprint density at radius 3 is 2.47 bits per heavy atom. The Kier molecular flexibility index (Phi) is 2.58. The first-order chi connectivity index (χ1) is 7.25. The maximum absolute atomic E-state index is 13.1. The smallest absolute Gasteiger partial charge is 0.213 e. The lowest BCUT2D eigenvalue weighted by atomic mass is 10.3. The standard InChI is InChI=1S/C11H7F2NO/c12-9-3-1-2-4-10(9)15-8-5-6-11(13)14-7-8/h1-7H. The van der Waals surface area contributed by atoms with Crippen LogP contribution in [0.2, 0.25) is 0 Å². The fraction of sp³-hybridized carbons (Fsp3) is 0. The molecule has 0 bridgehead atoms. The number of rotatable bonds is 2. The quantitative estimate of drug-likeness (QED) is 0.705. The molecule has 2 nitrogen and oxygen atoms in total. The van der Waals surface area contributed by atoms with E-state index in [1.807, 2.05) is 0 Å². The summed E-state index contributed by atoms with van der Waals surface area (Å²) in [5.74, 6) is -0.690. The van der Waals surface area contributed by atoms with Gasteiger partial charge in [-0.3, -0.25) is 0 Å². The summed E-state index contributed by atoms with van der Waals surface area (Å²) in [5.41, 5.74) is 0. The molecule has 0 atom stereocenters. The highest BCUT2D eigenvalue weighted by Gasteiger charge is 2.03. The molecular formula is C11H7F2NO. The summed E-state index contributed by atoms with van der Waals surface area (Å²) in [6.07, 6.45) is 1.20. The molecule has 76 valence electrons. The molecule has 0 spiro atoms. The molecule has 15 heavy (non-hydrogen) atoms. The molecular weight excluding hydrogens is 200 g/mol. The Balaban J connectivity index is 2.22. The molecule has 0 saturated carbocycles. The van der Waals surface area contributed by atoms with Crippen LogP contribution in [0.15, 0.2) is 42.6 Å². The van der Waals surface area contributed by atoms with E-state index in [1.54, 1.807) is 12.1 Å². The summed E-state index contributed by atoms with van der Waals surface area (Å²) < 4.78 is 30.8. The fourth-order valence-corrected chi connectivity index (χ4v) is 1.08. The van der Waals surface area contributed by atoms with E-state index >= 15 is 0 Å². The van der Waals surface area contributed by atoms with Crippen molar-refractivity contribution in [1.29, 1.82) is 0 Å². The molecule has 0 unspecified atom stereocenters. The average Bonchev–Trinajstić information content (AvgIpc) is 2.25. The number of halogens is 2. The van der Waals surface area contributed by atoms with Gasteiger partial charge in [0.25, 0.3) is 0 Å². The molecule has 2 aromatic rings. The van der Waals surface area contributed by atoms with Crippen LogP contribution in [0.4, 0.5) is 8.78 Å². The van der Waals surface area contributed by atoms with Crippen molar-refractivity contribution in [1.82, 2.24) is 4.98 Å². The zero-order valence-electron chi connectivity index (χ0n) is 7.65. The first kappa shape index (κ1) is 9.58. The zero-order chi connectivity index (χ0) is 10.7. The molecule has 0 N–H and O–H groups in total. The predicted octanol–water partition coefficient (Wildman–Crippen LogP) is 3.15. The van der Waals surface area contributed by atoms with Gasteiger partial charge in [-0.1, -0.05) is 12.1 Å². The minimum Gasteiger partial charge on any atom is -0.453 e. The number of hydrogen-bond donors (Lipinski definition) is 0. The molecule has 0 aliphatic carbocycles. The predicted molar refractivity (Wildman–Crippen MR) is 50.7 cm³/mol. The van der Waals surface area contributed by atoms with Gasteiger partial charge in [-0.25, -0.2) is 9.37 Å². The van der Waals surface area contributed by atoms with E-state index in [1.165, 1.54) is 24.4 Å². The lowest BCUT2D eigenvalue weighted by Gasteiger charge is -2.05. The highest BCUT2D eigenvalue weighted by molar-refractivity contribution is 5.30. The van der Waals surface area contributed by atoms with E-state index in [9.17, 15) is 8.78 Å². The molecule has 2 rings (SSSR count). The molecule has 0 radical (unpaired) electrons. The lowest BCUT2D eigenvalue weighted by Crippen LogP contribution is -1.89. The first-order valence-corrected chi connectivity index (χ1v) is 4.29. The normalized spacial score (nSPS) is 10.0. The van der Waals surface area contributed by atoms with Crippen molar-refractivity contribution in [3.05, 3.63) is 54.4 Å². The molecule has 0 aliphatic heterocycles. The number of nitrogens with zero attached hydrogens (tertiary/aromatic N) is 1. The molecule has 1 aromatic heterocycles. The summed E-state index contributed by atoms with van der Waals surface area (Å²) in [4.78, 5) is 3.39. The van der Waals surface area contributed by atoms with Gasteiger partial charge in [0.1, 0.15) is 5.75 Å². The van der Waals surface area contributed by atoms with E-state index in [0.717, 1.165) is 6.07 Å². The Morgan fingerprint density at radius 1 is 1.00 bits per heavy atom. The van der Waals surface area contributed by atoms with Crippen LogP contribution < -0.4 is 4.74 Å². The van der Waals surface area contributed by atoms with Crippen LogP contribution in [0.5, 0.6) is 11.5 Å². The highest BCUT2D eigenvalue weighted by atomic mass is 19.1. The third-order valence-electron chi connectivity index (χ3n) is 1.76. The van der Waals surface area contributed by atoms with Crippen molar-refractivity contribution >= 4 is 0 Å². The van der Waals surface area contributed by atoms with Crippen molar-refractivity contribution in [2.75, 3.05) is 0 Å². The van der Waals surface area contributed by atoms with E-state index in [-0.39, 0.29) is 5.75 Å². The van der Waals surface area contributed by atoms with Crippen LogP contribution in [0.1, 0.15) is 0 Å². The van der Waals surface area contributed by atoms with Gasteiger partial charge in [-0.15, -0.1) is 0 Å². The van der Waals surface area contributed by atoms with Crippen LogP contribution >= 0.6 is 0 Å². The molecule has 1 aromatic carbocycles. The van der Waals surface area contributed by atoms with Crippen LogP contribution in [0.3, 0.4) is 0 Å². The number of pyridine rings is 1. The maximum atomic E-state index is 13.1. The second-order valence-electron chi connectivity index (χ2n) is 2.85. The molecule has 0 amide bonds. The van der Waals surface area contributed by atoms with E-state index in [2.05, 4.69) is 4.98 Å². The molecule has 1 heterocycles. The second kappa shape index (κ2) is 4.04. The minimum absolute atomic E-state index is 0.0888. The SMILES string of the molecule is Fc1ccc(Oc2ccccc2F)cn1. The van der Waals surface area contributed by atoms with E-state index < -0.39 is 11.8 Å². The molecule has 4 heteroatoms. The van der Waals surface area contributed by atoms with Gasteiger partial charge in [-0.2, -0.15) is 4.39 Å². The van der Waals surface area contributed by atoms with Gasteiger partial charge < -0.3 is 4.74 Å².